The Bertz CT molecular complexity index is 417. The monoisotopic (exact) mass is 252 g/mol. The highest BCUT2D eigenvalue weighted by Gasteiger charge is 2.15. The van der Waals surface area contributed by atoms with Gasteiger partial charge in [0.25, 0.3) is 0 Å². The number of esters is 1. The molecule has 0 radical (unpaired) electrons. The predicted molar refractivity (Wildman–Crippen MR) is 66.6 cm³/mol. The summed E-state index contributed by atoms with van der Waals surface area (Å²) >= 11 is 0. The van der Waals surface area contributed by atoms with Crippen molar-refractivity contribution in [2.75, 3.05) is 19.5 Å². The van der Waals surface area contributed by atoms with Crippen molar-refractivity contribution in [3.63, 3.8) is 0 Å². The molecule has 1 aromatic rings. The van der Waals surface area contributed by atoms with Gasteiger partial charge in [0.05, 0.1) is 14.2 Å². The fraction of sp³-hybridized carbons (Fsp3) is 0.333. The summed E-state index contributed by atoms with van der Waals surface area (Å²) in [6.45, 7) is 1.54. The van der Waals surface area contributed by atoms with Crippen LogP contribution in [0.25, 0.3) is 0 Å². The number of benzene rings is 1. The van der Waals surface area contributed by atoms with E-state index in [1.165, 1.54) is 7.11 Å². The highest BCUT2D eigenvalue weighted by Crippen LogP contribution is 2.14. The second-order valence-electron chi connectivity index (χ2n) is 3.57. The van der Waals surface area contributed by atoms with E-state index in [9.17, 15) is 9.59 Å². The molecule has 2 amide bonds. The van der Waals surface area contributed by atoms with Gasteiger partial charge in [-0.1, -0.05) is 0 Å². The lowest BCUT2D eigenvalue weighted by Crippen LogP contribution is -2.41. The van der Waals surface area contributed by atoms with Crippen molar-refractivity contribution in [1.82, 2.24) is 5.32 Å². The number of carbonyl (C=O) groups is 2. The smallest absolute Gasteiger partial charge is 0.328 e. The third kappa shape index (κ3) is 3.97. The summed E-state index contributed by atoms with van der Waals surface area (Å²) < 4.78 is 9.49. The first-order valence-electron chi connectivity index (χ1n) is 5.36. The molecule has 0 fully saturated rings. The third-order valence-electron chi connectivity index (χ3n) is 2.25. The van der Waals surface area contributed by atoms with Crippen molar-refractivity contribution in [3.05, 3.63) is 24.3 Å². The van der Waals surface area contributed by atoms with E-state index >= 15 is 0 Å². The molecule has 0 aromatic heterocycles. The van der Waals surface area contributed by atoms with Crippen molar-refractivity contribution in [2.24, 2.45) is 0 Å². The Morgan fingerprint density at radius 2 is 1.78 bits per heavy atom. The molecule has 6 heteroatoms. The standard InChI is InChI=1S/C12H16N2O4/c1-8(11(15)18-3)13-12(16)14-9-4-6-10(17-2)7-5-9/h4-8H,1-3H3,(H2,13,14,16)/t8-/m1/s1. The zero-order valence-corrected chi connectivity index (χ0v) is 10.5. The average Bonchev–Trinajstić information content (AvgIpc) is 2.38. The Kier molecular flexibility index (Phi) is 4.98. The summed E-state index contributed by atoms with van der Waals surface area (Å²) in [5, 5.41) is 5.04. The minimum atomic E-state index is -0.701. The van der Waals surface area contributed by atoms with Crippen molar-refractivity contribution < 1.29 is 19.1 Å². The van der Waals surface area contributed by atoms with E-state index in [1.807, 2.05) is 0 Å². The summed E-state index contributed by atoms with van der Waals surface area (Å²) in [6, 6.07) is 5.66. The molecule has 1 atom stereocenters. The first kappa shape index (κ1) is 13.8. The molecule has 0 saturated carbocycles. The number of anilines is 1. The Morgan fingerprint density at radius 3 is 2.28 bits per heavy atom. The molecule has 0 saturated heterocycles. The second kappa shape index (κ2) is 6.48. The molecule has 1 rings (SSSR count). The van der Waals surface area contributed by atoms with Crippen LogP contribution < -0.4 is 15.4 Å². The summed E-state index contributed by atoms with van der Waals surface area (Å²) in [6.07, 6.45) is 0. The number of hydrogen-bond acceptors (Lipinski definition) is 4. The van der Waals surface area contributed by atoms with Crippen LogP contribution in [0.3, 0.4) is 0 Å². The van der Waals surface area contributed by atoms with Gasteiger partial charge in [-0.3, -0.25) is 0 Å². The highest BCUT2D eigenvalue weighted by molar-refractivity contribution is 5.92. The number of nitrogens with one attached hydrogen (secondary N) is 2. The van der Waals surface area contributed by atoms with E-state index < -0.39 is 18.0 Å². The molecule has 0 aliphatic carbocycles. The van der Waals surface area contributed by atoms with Gasteiger partial charge in [0.2, 0.25) is 0 Å². The molecule has 18 heavy (non-hydrogen) atoms. The van der Waals surface area contributed by atoms with E-state index in [0.717, 1.165) is 0 Å². The van der Waals surface area contributed by atoms with Gasteiger partial charge in [0.15, 0.2) is 0 Å². The van der Waals surface area contributed by atoms with E-state index in [-0.39, 0.29) is 0 Å². The fourth-order valence-electron chi connectivity index (χ4n) is 1.27. The van der Waals surface area contributed by atoms with Crippen molar-refractivity contribution in [3.8, 4) is 5.75 Å². The lowest BCUT2D eigenvalue weighted by molar-refractivity contribution is -0.142. The molecule has 0 spiro atoms. The maximum Gasteiger partial charge on any atom is 0.328 e. The average molecular weight is 252 g/mol. The first-order valence-corrected chi connectivity index (χ1v) is 5.36. The molecular weight excluding hydrogens is 236 g/mol. The van der Waals surface area contributed by atoms with Gasteiger partial charge in [0, 0.05) is 5.69 Å². The lowest BCUT2D eigenvalue weighted by atomic mass is 10.3. The second-order valence-corrected chi connectivity index (χ2v) is 3.57. The van der Waals surface area contributed by atoms with E-state index in [1.54, 1.807) is 38.3 Å². The summed E-state index contributed by atoms with van der Waals surface area (Å²) in [7, 11) is 2.83. The molecule has 0 heterocycles. The maximum absolute atomic E-state index is 11.5. The zero-order valence-electron chi connectivity index (χ0n) is 10.5. The van der Waals surface area contributed by atoms with Crippen LogP contribution in [-0.2, 0) is 9.53 Å². The molecule has 98 valence electrons. The zero-order chi connectivity index (χ0) is 13.5. The molecule has 0 unspecified atom stereocenters. The number of methoxy groups -OCH3 is 2. The molecule has 2 N–H and O–H groups in total. The van der Waals surface area contributed by atoms with Crippen LogP contribution in [0.1, 0.15) is 6.92 Å². The molecule has 0 aliphatic heterocycles. The Labute approximate surface area is 105 Å². The van der Waals surface area contributed by atoms with Crippen molar-refractivity contribution in [2.45, 2.75) is 13.0 Å². The maximum atomic E-state index is 11.5. The van der Waals surface area contributed by atoms with Crippen molar-refractivity contribution >= 4 is 17.7 Å². The van der Waals surface area contributed by atoms with Crippen LogP contribution in [0.4, 0.5) is 10.5 Å². The molecular formula is C12H16N2O4. The van der Waals surface area contributed by atoms with Crippen molar-refractivity contribution in [1.29, 1.82) is 0 Å². The number of rotatable bonds is 4. The highest BCUT2D eigenvalue weighted by atomic mass is 16.5. The fourth-order valence-corrected chi connectivity index (χ4v) is 1.27. The van der Waals surface area contributed by atoms with Gasteiger partial charge >= 0.3 is 12.0 Å². The predicted octanol–water partition coefficient (Wildman–Crippen LogP) is 1.38. The number of amides is 2. The van der Waals surface area contributed by atoms with Gasteiger partial charge in [-0.25, -0.2) is 9.59 Å². The Hall–Kier alpha value is -2.24. The topological polar surface area (TPSA) is 76.7 Å². The SMILES string of the molecule is COC(=O)[C@@H](C)NC(=O)Nc1ccc(OC)cc1. The minimum Gasteiger partial charge on any atom is -0.497 e. The summed E-state index contributed by atoms with van der Waals surface area (Å²) in [4.78, 5) is 22.6. The number of carbonyl (C=O) groups excluding carboxylic acids is 2. The minimum absolute atomic E-state index is 0.474. The van der Waals surface area contributed by atoms with Gasteiger partial charge in [-0.15, -0.1) is 0 Å². The number of hydrogen-bond donors (Lipinski definition) is 2. The number of ether oxygens (including phenoxy) is 2. The van der Waals surface area contributed by atoms with E-state index in [0.29, 0.717) is 11.4 Å². The Balaban J connectivity index is 2.51. The van der Waals surface area contributed by atoms with E-state index in [4.69, 9.17) is 4.74 Å². The lowest BCUT2D eigenvalue weighted by Gasteiger charge is -2.12. The van der Waals surface area contributed by atoms with E-state index in [2.05, 4.69) is 15.4 Å². The summed E-state index contributed by atoms with van der Waals surface area (Å²) in [5.74, 6) is 0.198. The van der Waals surface area contributed by atoms with Crippen LogP contribution in [0.5, 0.6) is 5.75 Å². The Morgan fingerprint density at radius 1 is 1.17 bits per heavy atom. The van der Waals surface area contributed by atoms with Crippen LogP contribution in [0, 0.1) is 0 Å². The molecule has 0 aliphatic rings. The molecule has 6 nitrogen and oxygen atoms in total. The first-order chi connectivity index (χ1) is 8.56. The van der Waals surface area contributed by atoms with Crippen LogP contribution in [0.2, 0.25) is 0 Å². The largest absolute Gasteiger partial charge is 0.497 e. The normalized spacial score (nSPS) is 11.3. The van der Waals surface area contributed by atoms with Gasteiger partial charge in [-0.05, 0) is 31.2 Å². The van der Waals surface area contributed by atoms with Gasteiger partial charge in [0.1, 0.15) is 11.8 Å². The third-order valence-corrected chi connectivity index (χ3v) is 2.25. The molecule has 1 aromatic carbocycles. The van der Waals surface area contributed by atoms with Crippen LogP contribution in [0.15, 0.2) is 24.3 Å². The quantitative estimate of drug-likeness (QED) is 0.794. The summed E-state index contributed by atoms with van der Waals surface area (Å²) in [5.41, 5.74) is 0.602. The van der Waals surface area contributed by atoms with Crippen LogP contribution in [-0.4, -0.2) is 32.3 Å². The van der Waals surface area contributed by atoms with Gasteiger partial charge in [-0.2, -0.15) is 0 Å². The molecule has 0 bridgehead atoms. The number of urea groups is 1. The van der Waals surface area contributed by atoms with Crippen LogP contribution >= 0.6 is 0 Å². The van der Waals surface area contributed by atoms with Gasteiger partial charge < -0.3 is 20.1 Å².